The zero-order chi connectivity index (χ0) is 11.3. The summed E-state index contributed by atoms with van der Waals surface area (Å²) in [7, 11) is 1.68. The Bertz CT molecular complexity index is 293. The van der Waals surface area contributed by atoms with Crippen molar-refractivity contribution < 1.29 is 9.47 Å². The van der Waals surface area contributed by atoms with Gasteiger partial charge in [0.05, 0.1) is 6.61 Å². The lowest BCUT2D eigenvalue weighted by molar-refractivity contribution is 0.0180. The average Bonchev–Trinajstić information content (AvgIpc) is 2.18. The number of methoxy groups -OCH3 is 1. The van der Waals surface area contributed by atoms with Gasteiger partial charge in [0.15, 0.2) is 0 Å². The van der Waals surface area contributed by atoms with Crippen molar-refractivity contribution in [3.63, 3.8) is 0 Å². The molecular formula is C12H17BrO2. The molecule has 15 heavy (non-hydrogen) atoms. The lowest BCUT2D eigenvalue weighted by atomic mass is 10.1. The molecule has 0 amide bonds. The highest BCUT2D eigenvalue weighted by Crippen LogP contribution is 2.19. The maximum absolute atomic E-state index is 5.80. The summed E-state index contributed by atoms with van der Waals surface area (Å²) in [6, 6.07) is 8.06. The lowest BCUT2D eigenvalue weighted by Crippen LogP contribution is -2.33. The SMILES string of the molecule is COCC(C)(C)Oc1ccc(CBr)cc1. The van der Waals surface area contributed by atoms with E-state index >= 15 is 0 Å². The maximum atomic E-state index is 5.80. The van der Waals surface area contributed by atoms with Gasteiger partial charge in [-0.2, -0.15) is 0 Å². The van der Waals surface area contributed by atoms with Gasteiger partial charge < -0.3 is 9.47 Å². The van der Waals surface area contributed by atoms with E-state index in [2.05, 4.69) is 15.9 Å². The molecule has 2 nitrogen and oxygen atoms in total. The fraction of sp³-hybridized carbons (Fsp3) is 0.500. The van der Waals surface area contributed by atoms with Gasteiger partial charge in [0.25, 0.3) is 0 Å². The highest BCUT2D eigenvalue weighted by Gasteiger charge is 2.19. The molecule has 84 valence electrons. The van der Waals surface area contributed by atoms with Gasteiger partial charge in [-0.1, -0.05) is 28.1 Å². The van der Waals surface area contributed by atoms with E-state index in [0.29, 0.717) is 6.61 Å². The molecular weight excluding hydrogens is 256 g/mol. The van der Waals surface area contributed by atoms with Crippen LogP contribution < -0.4 is 4.74 Å². The van der Waals surface area contributed by atoms with Crippen molar-refractivity contribution in [3.05, 3.63) is 29.8 Å². The molecule has 0 saturated heterocycles. The predicted octanol–water partition coefficient (Wildman–Crippen LogP) is 3.39. The molecule has 0 spiro atoms. The van der Waals surface area contributed by atoms with Gasteiger partial charge in [-0.15, -0.1) is 0 Å². The summed E-state index contributed by atoms with van der Waals surface area (Å²) in [6.45, 7) is 4.59. The molecule has 0 aliphatic carbocycles. The van der Waals surface area contributed by atoms with E-state index in [0.717, 1.165) is 11.1 Å². The minimum absolute atomic E-state index is 0.287. The molecule has 0 unspecified atom stereocenters. The molecule has 1 aromatic carbocycles. The Labute approximate surface area is 99.7 Å². The fourth-order valence-electron chi connectivity index (χ4n) is 1.34. The minimum atomic E-state index is -0.287. The van der Waals surface area contributed by atoms with Crippen molar-refractivity contribution in [2.24, 2.45) is 0 Å². The Hall–Kier alpha value is -0.540. The van der Waals surface area contributed by atoms with E-state index in [1.807, 2.05) is 38.1 Å². The van der Waals surface area contributed by atoms with Crippen LogP contribution in [0.4, 0.5) is 0 Å². The van der Waals surface area contributed by atoms with Crippen LogP contribution in [0.3, 0.4) is 0 Å². The number of halogens is 1. The van der Waals surface area contributed by atoms with E-state index in [-0.39, 0.29) is 5.60 Å². The molecule has 0 aromatic heterocycles. The van der Waals surface area contributed by atoms with Gasteiger partial charge in [-0.25, -0.2) is 0 Å². The Morgan fingerprint density at radius 2 is 1.80 bits per heavy atom. The summed E-state index contributed by atoms with van der Waals surface area (Å²) in [5, 5.41) is 0.870. The summed E-state index contributed by atoms with van der Waals surface area (Å²) in [5.74, 6) is 0.877. The highest BCUT2D eigenvalue weighted by molar-refractivity contribution is 9.08. The second-order valence-electron chi connectivity index (χ2n) is 4.07. The van der Waals surface area contributed by atoms with Gasteiger partial charge in [0.2, 0.25) is 0 Å². The Kier molecular flexibility index (Phi) is 4.61. The van der Waals surface area contributed by atoms with E-state index < -0.39 is 0 Å². The zero-order valence-electron chi connectivity index (χ0n) is 9.42. The Morgan fingerprint density at radius 3 is 2.27 bits per heavy atom. The van der Waals surface area contributed by atoms with Crippen LogP contribution in [0.2, 0.25) is 0 Å². The average molecular weight is 273 g/mol. The number of rotatable bonds is 5. The molecule has 0 radical (unpaired) electrons. The van der Waals surface area contributed by atoms with E-state index in [1.165, 1.54) is 5.56 Å². The zero-order valence-corrected chi connectivity index (χ0v) is 11.0. The standard InChI is InChI=1S/C12H17BrO2/c1-12(2,9-14-3)15-11-6-4-10(8-13)5-7-11/h4-7H,8-9H2,1-3H3. The van der Waals surface area contributed by atoms with E-state index in [4.69, 9.17) is 9.47 Å². The van der Waals surface area contributed by atoms with Gasteiger partial charge in [-0.3, -0.25) is 0 Å². The van der Waals surface area contributed by atoms with Crippen LogP contribution in [0.25, 0.3) is 0 Å². The van der Waals surface area contributed by atoms with E-state index in [9.17, 15) is 0 Å². The molecule has 1 aromatic rings. The van der Waals surface area contributed by atoms with Crippen molar-refractivity contribution in [2.75, 3.05) is 13.7 Å². The third-order valence-corrected chi connectivity index (χ3v) is 2.61. The van der Waals surface area contributed by atoms with Crippen LogP contribution in [0.1, 0.15) is 19.4 Å². The Balaban J connectivity index is 2.64. The largest absolute Gasteiger partial charge is 0.485 e. The molecule has 0 heterocycles. The first-order chi connectivity index (χ1) is 7.07. The molecule has 1 rings (SSSR count). The monoisotopic (exact) mass is 272 g/mol. The molecule has 0 aliphatic rings. The lowest BCUT2D eigenvalue weighted by Gasteiger charge is -2.25. The molecule has 3 heteroatoms. The topological polar surface area (TPSA) is 18.5 Å². The summed E-state index contributed by atoms with van der Waals surface area (Å²) in [5.41, 5.74) is 0.955. The van der Waals surface area contributed by atoms with Crippen molar-refractivity contribution >= 4 is 15.9 Å². The van der Waals surface area contributed by atoms with Crippen molar-refractivity contribution in [2.45, 2.75) is 24.8 Å². The third kappa shape index (κ3) is 4.22. The normalized spacial score (nSPS) is 11.5. The number of hydrogen-bond acceptors (Lipinski definition) is 2. The third-order valence-electron chi connectivity index (χ3n) is 1.96. The second kappa shape index (κ2) is 5.52. The quantitative estimate of drug-likeness (QED) is 0.766. The Morgan fingerprint density at radius 1 is 1.20 bits per heavy atom. The number of alkyl halides is 1. The molecule has 0 saturated carbocycles. The number of ether oxygens (including phenoxy) is 2. The summed E-state index contributed by atoms with van der Waals surface area (Å²) < 4.78 is 10.9. The van der Waals surface area contributed by atoms with Crippen LogP contribution in [0, 0.1) is 0 Å². The van der Waals surface area contributed by atoms with Crippen LogP contribution in [0.15, 0.2) is 24.3 Å². The van der Waals surface area contributed by atoms with Gasteiger partial charge in [0, 0.05) is 12.4 Å². The smallest absolute Gasteiger partial charge is 0.127 e. The number of hydrogen-bond donors (Lipinski definition) is 0. The van der Waals surface area contributed by atoms with Crippen LogP contribution in [-0.2, 0) is 10.1 Å². The van der Waals surface area contributed by atoms with Gasteiger partial charge >= 0.3 is 0 Å². The van der Waals surface area contributed by atoms with Crippen LogP contribution >= 0.6 is 15.9 Å². The first-order valence-corrected chi connectivity index (χ1v) is 6.02. The van der Waals surface area contributed by atoms with Crippen LogP contribution in [0.5, 0.6) is 5.75 Å². The van der Waals surface area contributed by atoms with Gasteiger partial charge in [-0.05, 0) is 31.5 Å². The van der Waals surface area contributed by atoms with Crippen molar-refractivity contribution in [3.8, 4) is 5.75 Å². The second-order valence-corrected chi connectivity index (χ2v) is 4.63. The van der Waals surface area contributed by atoms with Crippen LogP contribution in [-0.4, -0.2) is 19.3 Å². The fourth-order valence-corrected chi connectivity index (χ4v) is 1.72. The minimum Gasteiger partial charge on any atom is -0.485 e. The molecule has 0 atom stereocenters. The first kappa shape index (κ1) is 12.5. The van der Waals surface area contributed by atoms with Crippen molar-refractivity contribution in [1.82, 2.24) is 0 Å². The molecule has 0 fully saturated rings. The summed E-state index contributed by atoms with van der Waals surface area (Å²) >= 11 is 3.41. The predicted molar refractivity (Wildman–Crippen MR) is 65.7 cm³/mol. The molecule has 0 bridgehead atoms. The number of benzene rings is 1. The highest BCUT2D eigenvalue weighted by atomic mass is 79.9. The van der Waals surface area contributed by atoms with Gasteiger partial charge in [0.1, 0.15) is 11.4 Å². The van der Waals surface area contributed by atoms with Crippen molar-refractivity contribution in [1.29, 1.82) is 0 Å². The summed E-state index contributed by atoms with van der Waals surface area (Å²) in [6.07, 6.45) is 0. The molecule has 0 N–H and O–H groups in total. The first-order valence-electron chi connectivity index (χ1n) is 4.90. The molecule has 0 aliphatic heterocycles. The van der Waals surface area contributed by atoms with E-state index in [1.54, 1.807) is 7.11 Å². The summed E-state index contributed by atoms with van der Waals surface area (Å²) in [4.78, 5) is 0. The maximum Gasteiger partial charge on any atom is 0.127 e.